The summed E-state index contributed by atoms with van der Waals surface area (Å²) in [4.78, 5) is 30.4. The molecule has 174 valence electrons. The molecular weight excluding hydrogens is 447 g/mol. The molecule has 8 nitrogen and oxygen atoms in total. The number of aromatic nitrogens is 5. The minimum atomic E-state index is -4.33. The minimum Gasteiger partial charge on any atom is -0.383 e. The Morgan fingerprint density at radius 2 is 1.88 bits per heavy atom. The fraction of sp³-hybridized carbons (Fsp3) is 0.261. The van der Waals surface area contributed by atoms with Gasteiger partial charge in [0, 0.05) is 31.4 Å². The zero-order valence-corrected chi connectivity index (χ0v) is 18.3. The topological polar surface area (TPSA) is 111 Å². The first-order chi connectivity index (χ1) is 16.1. The van der Waals surface area contributed by atoms with Gasteiger partial charge in [-0.2, -0.15) is 13.2 Å². The van der Waals surface area contributed by atoms with Gasteiger partial charge in [-0.05, 0) is 19.4 Å². The minimum absolute atomic E-state index is 0.0887. The summed E-state index contributed by atoms with van der Waals surface area (Å²) in [6.45, 7) is 3.70. The third-order valence-electron chi connectivity index (χ3n) is 6.07. The molecule has 1 atom stereocenters. The van der Waals surface area contributed by atoms with E-state index in [0.29, 0.717) is 11.2 Å². The summed E-state index contributed by atoms with van der Waals surface area (Å²) in [6.07, 6.45) is -1.07. The van der Waals surface area contributed by atoms with E-state index < -0.39 is 18.0 Å². The summed E-state index contributed by atoms with van der Waals surface area (Å²) in [5.41, 5.74) is 8.17. The third-order valence-corrected chi connectivity index (χ3v) is 6.07. The maximum Gasteiger partial charge on any atom is 0.389 e. The fourth-order valence-corrected chi connectivity index (χ4v) is 4.22. The van der Waals surface area contributed by atoms with Gasteiger partial charge in [-0.3, -0.25) is 4.79 Å². The number of carbonyl (C=O) groups is 1. The molecule has 1 aliphatic heterocycles. The lowest BCUT2D eigenvalue weighted by atomic mass is 9.77. The SMILES string of the molecule is Cc1ccc(C2(C)C(=O)Nc3nc(-c4cn5ccnc5c(CCC(F)(F)F)n4)nc(N)c32)cc1. The van der Waals surface area contributed by atoms with Gasteiger partial charge < -0.3 is 15.5 Å². The second kappa shape index (κ2) is 7.51. The standard InChI is InChI=1S/C23H20F3N7O/c1-12-3-5-13(6-4-12)22(2)16-17(27)30-18(31-19(16)32-21(22)34)15-11-33-10-9-28-20(33)14(29-15)7-8-23(24,25)26/h3-6,9-11H,7-8H2,1-2H3,(H3,27,30,31,32,34). The predicted molar refractivity (Wildman–Crippen MR) is 119 cm³/mol. The molecule has 0 bridgehead atoms. The van der Waals surface area contributed by atoms with Crippen molar-refractivity contribution >= 4 is 23.2 Å². The van der Waals surface area contributed by atoms with Crippen molar-refractivity contribution in [3.05, 3.63) is 65.2 Å². The summed E-state index contributed by atoms with van der Waals surface area (Å²) in [7, 11) is 0. The number of alkyl halides is 3. The molecule has 3 N–H and O–H groups in total. The summed E-state index contributed by atoms with van der Waals surface area (Å²) >= 11 is 0. The fourth-order valence-electron chi connectivity index (χ4n) is 4.22. The highest BCUT2D eigenvalue weighted by Gasteiger charge is 2.47. The number of hydrogen-bond donors (Lipinski definition) is 2. The molecule has 4 aromatic rings. The number of imidazole rings is 1. The first-order valence-electron chi connectivity index (χ1n) is 10.5. The van der Waals surface area contributed by atoms with Crippen molar-refractivity contribution in [3.8, 4) is 11.5 Å². The number of carbonyl (C=O) groups excluding carboxylic acids is 1. The van der Waals surface area contributed by atoms with Gasteiger partial charge in [0.15, 0.2) is 11.5 Å². The molecule has 1 amide bonds. The summed E-state index contributed by atoms with van der Waals surface area (Å²) in [5, 5.41) is 2.78. The molecule has 0 fully saturated rings. The van der Waals surface area contributed by atoms with E-state index in [0.717, 1.165) is 11.1 Å². The Balaban J connectivity index is 1.60. The largest absolute Gasteiger partial charge is 0.389 e. The van der Waals surface area contributed by atoms with Crippen molar-refractivity contribution in [1.29, 1.82) is 0 Å². The summed E-state index contributed by atoms with van der Waals surface area (Å²) in [5.74, 6) is 0.132. The highest BCUT2D eigenvalue weighted by atomic mass is 19.4. The Bertz CT molecular complexity index is 1430. The number of anilines is 2. The first kappa shape index (κ1) is 21.8. The monoisotopic (exact) mass is 467 g/mol. The molecule has 4 heterocycles. The highest BCUT2D eigenvalue weighted by molar-refractivity contribution is 6.09. The van der Waals surface area contributed by atoms with Crippen LogP contribution in [0.3, 0.4) is 0 Å². The van der Waals surface area contributed by atoms with Crippen LogP contribution in [0.4, 0.5) is 24.8 Å². The van der Waals surface area contributed by atoms with E-state index in [-0.39, 0.29) is 41.2 Å². The van der Waals surface area contributed by atoms with Crippen LogP contribution in [0.5, 0.6) is 0 Å². The number of rotatable bonds is 4. The second-order valence-electron chi connectivity index (χ2n) is 8.45. The highest BCUT2D eigenvalue weighted by Crippen LogP contribution is 2.44. The Kier molecular flexibility index (Phi) is 4.81. The first-order valence-corrected chi connectivity index (χ1v) is 10.5. The molecule has 34 heavy (non-hydrogen) atoms. The molecule has 5 rings (SSSR count). The van der Waals surface area contributed by atoms with Gasteiger partial charge in [-0.25, -0.2) is 19.9 Å². The van der Waals surface area contributed by atoms with E-state index in [2.05, 4.69) is 25.3 Å². The number of aryl methyl sites for hydroxylation is 2. The molecule has 0 aliphatic carbocycles. The lowest BCUT2D eigenvalue weighted by molar-refractivity contribution is -0.134. The number of benzene rings is 1. The Morgan fingerprint density at radius 1 is 1.15 bits per heavy atom. The van der Waals surface area contributed by atoms with Crippen LogP contribution in [0.2, 0.25) is 0 Å². The van der Waals surface area contributed by atoms with Gasteiger partial charge in [-0.15, -0.1) is 0 Å². The molecule has 0 radical (unpaired) electrons. The van der Waals surface area contributed by atoms with Crippen LogP contribution in [0.1, 0.15) is 35.7 Å². The van der Waals surface area contributed by atoms with Gasteiger partial charge in [-0.1, -0.05) is 29.8 Å². The average molecular weight is 467 g/mol. The van der Waals surface area contributed by atoms with Gasteiger partial charge in [0.1, 0.15) is 22.7 Å². The van der Waals surface area contributed by atoms with E-state index in [1.807, 2.05) is 31.2 Å². The zero-order chi connectivity index (χ0) is 24.3. The van der Waals surface area contributed by atoms with Crippen LogP contribution >= 0.6 is 0 Å². The van der Waals surface area contributed by atoms with Crippen molar-refractivity contribution < 1.29 is 18.0 Å². The van der Waals surface area contributed by atoms with E-state index in [9.17, 15) is 18.0 Å². The Morgan fingerprint density at radius 3 is 2.59 bits per heavy atom. The molecule has 0 saturated carbocycles. The number of nitrogens with one attached hydrogen (secondary N) is 1. The average Bonchev–Trinajstić information content (AvgIpc) is 3.35. The van der Waals surface area contributed by atoms with Crippen LogP contribution in [0.15, 0.2) is 42.9 Å². The smallest absolute Gasteiger partial charge is 0.383 e. The summed E-state index contributed by atoms with van der Waals surface area (Å²) < 4.78 is 40.1. The molecule has 3 aromatic heterocycles. The molecule has 0 spiro atoms. The van der Waals surface area contributed by atoms with Gasteiger partial charge in [0.25, 0.3) is 0 Å². The number of nitrogen functional groups attached to an aromatic ring is 1. The quantitative estimate of drug-likeness (QED) is 0.472. The van der Waals surface area contributed by atoms with E-state index >= 15 is 0 Å². The van der Waals surface area contributed by atoms with E-state index in [1.165, 1.54) is 6.20 Å². The number of nitrogens with two attached hydrogens (primary N) is 1. The van der Waals surface area contributed by atoms with Crippen LogP contribution in [-0.2, 0) is 16.6 Å². The lowest BCUT2D eigenvalue weighted by Crippen LogP contribution is -2.32. The van der Waals surface area contributed by atoms with E-state index in [4.69, 9.17) is 5.73 Å². The van der Waals surface area contributed by atoms with Gasteiger partial charge in [0.05, 0.1) is 11.3 Å². The van der Waals surface area contributed by atoms with Gasteiger partial charge in [0.2, 0.25) is 5.91 Å². The predicted octanol–water partition coefficient (Wildman–Crippen LogP) is 3.83. The Labute approximate surface area is 192 Å². The molecule has 1 unspecified atom stereocenters. The molecule has 0 saturated heterocycles. The third kappa shape index (κ3) is 3.53. The number of amides is 1. The van der Waals surface area contributed by atoms with Crippen LogP contribution < -0.4 is 11.1 Å². The lowest BCUT2D eigenvalue weighted by Gasteiger charge is -2.23. The van der Waals surface area contributed by atoms with Crippen molar-refractivity contribution in [2.45, 2.75) is 38.3 Å². The normalized spacial score (nSPS) is 17.7. The van der Waals surface area contributed by atoms with Crippen LogP contribution in [0.25, 0.3) is 17.2 Å². The summed E-state index contributed by atoms with van der Waals surface area (Å²) in [6, 6.07) is 7.53. The van der Waals surface area contributed by atoms with Crippen molar-refractivity contribution in [2.75, 3.05) is 11.1 Å². The van der Waals surface area contributed by atoms with Crippen LogP contribution in [0, 0.1) is 6.92 Å². The van der Waals surface area contributed by atoms with Crippen molar-refractivity contribution in [3.63, 3.8) is 0 Å². The van der Waals surface area contributed by atoms with E-state index in [1.54, 1.807) is 23.7 Å². The molecule has 1 aromatic carbocycles. The molecule has 1 aliphatic rings. The zero-order valence-electron chi connectivity index (χ0n) is 18.3. The number of halogens is 3. The number of fused-ring (bicyclic) bond motifs is 2. The second-order valence-corrected chi connectivity index (χ2v) is 8.45. The maximum atomic E-state index is 13.0. The van der Waals surface area contributed by atoms with Crippen molar-refractivity contribution in [2.24, 2.45) is 0 Å². The molecule has 11 heteroatoms. The van der Waals surface area contributed by atoms with Crippen LogP contribution in [-0.4, -0.2) is 36.4 Å². The van der Waals surface area contributed by atoms with Gasteiger partial charge >= 0.3 is 6.18 Å². The Hall–Kier alpha value is -4.02. The maximum absolute atomic E-state index is 13.0. The number of nitrogens with zero attached hydrogens (tertiary/aromatic N) is 5. The molecular formula is C23H20F3N7O. The number of hydrogen-bond acceptors (Lipinski definition) is 6. The van der Waals surface area contributed by atoms with Crippen molar-refractivity contribution in [1.82, 2.24) is 24.3 Å².